The van der Waals surface area contributed by atoms with Crippen LogP contribution >= 0.6 is 0 Å². The summed E-state index contributed by atoms with van der Waals surface area (Å²) in [6.45, 7) is 7.13. The van der Waals surface area contributed by atoms with Crippen molar-refractivity contribution in [3.63, 3.8) is 0 Å². The maximum absolute atomic E-state index is 14.1. The molecular weight excluding hydrogens is 580 g/mol. The minimum atomic E-state index is -0.996. The number of nitrogens with one attached hydrogen (secondary N) is 1. The Morgan fingerprint density at radius 3 is 1.87 bits per heavy atom. The van der Waals surface area contributed by atoms with Crippen molar-refractivity contribution in [2.45, 2.75) is 45.6 Å². The van der Waals surface area contributed by atoms with Gasteiger partial charge in [-0.25, -0.2) is 0 Å². The van der Waals surface area contributed by atoms with Crippen LogP contribution in [0, 0.1) is 0 Å². The molecular formula is C38H42N2O6. The van der Waals surface area contributed by atoms with Gasteiger partial charge in [0.15, 0.2) is 0 Å². The zero-order valence-electron chi connectivity index (χ0n) is 27.1. The third kappa shape index (κ3) is 8.75. The van der Waals surface area contributed by atoms with Crippen molar-refractivity contribution in [1.82, 2.24) is 10.2 Å². The number of carboxylic acids is 1. The number of nitrogens with zero attached hydrogens (tertiary/aromatic N) is 1. The van der Waals surface area contributed by atoms with E-state index in [1.54, 1.807) is 49.5 Å². The van der Waals surface area contributed by atoms with Crippen LogP contribution in [-0.2, 0) is 23.2 Å². The Hall–Kier alpha value is -5.11. The second-order valence-corrected chi connectivity index (χ2v) is 12.1. The van der Waals surface area contributed by atoms with E-state index in [1.807, 2.05) is 48.5 Å². The summed E-state index contributed by atoms with van der Waals surface area (Å²) in [5.74, 6) is -0.322. The molecule has 0 atom stereocenters. The molecule has 0 fully saturated rings. The molecule has 4 rings (SSSR count). The Balaban J connectivity index is 1.58. The lowest BCUT2D eigenvalue weighted by molar-refractivity contribution is -0.137. The van der Waals surface area contributed by atoms with Gasteiger partial charge >= 0.3 is 5.97 Å². The van der Waals surface area contributed by atoms with Crippen molar-refractivity contribution in [2.24, 2.45) is 0 Å². The van der Waals surface area contributed by atoms with Crippen LogP contribution in [0.2, 0.25) is 0 Å². The van der Waals surface area contributed by atoms with Crippen LogP contribution < -0.4 is 14.8 Å². The van der Waals surface area contributed by atoms with Gasteiger partial charge in [0, 0.05) is 36.8 Å². The summed E-state index contributed by atoms with van der Waals surface area (Å²) in [6.07, 6.45) is 0.252. The van der Waals surface area contributed by atoms with Gasteiger partial charge in [-0.15, -0.1) is 0 Å². The first kappa shape index (κ1) is 33.8. The van der Waals surface area contributed by atoms with Gasteiger partial charge in [-0.2, -0.15) is 0 Å². The number of amides is 2. The van der Waals surface area contributed by atoms with Crippen LogP contribution in [-0.4, -0.2) is 55.1 Å². The van der Waals surface area contributed by atoms with E-state index in [4.69, 9.17) is 9.47 Å². The Morgan fingerprint density at radius 1 is 0.739 bits per heavy atom. The molecule has 8 nitrogen and oxygen atoms in total. The van der Waals surface area contributed by atoms with Crippen LogP contribution in [0.4, 0.5) is 0 Å². The predicted octanol–water partition coefficient (Wildman–Crippen LogP) is 6.76. The zero-order chi connectivity index (χ0) is 33.3. The molecule has 0 spiro atoms. The maximum Gasteiger partial charge on any atom is 0.305 e. The fourth-order valence-electron chi connectivity index (χ4n) is 5.21. The minimum absolute atomic E-state index is 0.0275. The Bertz CT molecular complexity index is 1650. The van der Waals surface area contributed by atoms with Gasteiger partial charge in [-0.1, -0.05) is 81.4 Å². The molecule has 4 aromatic carbocycles. The Labute approximate surface area is 271 Å². The summed E-state index contributed by atoms with van der Waals surface area (Å²) in [7, 11) is 3.14. The molecule has 0 saturated carbocycles. The number of hydrogen-bond donors (Lipinski definition) is 2. The smallest absolute Gasteiger partial charge is 0.305 e. The molecule has 0 unspecified atom stereocenters. The predicted molar refractivity (Wildman–Crippen MR) is 180 cm³/mol. The number of carboxylic acid groups (broad SMARTS) is 1. The summed E-state index contributed by atoms with van der Waals surface area (Å²) < 4.78 is 10.8. The van der Waals surface area contributed by atoms with E-state index in [0.29, 0.717) is 46.7 Å². The van der Waals surface area contributed by atoms with Crippen molar-refractivity contribution in [1.29, 1.82) is 0 Å². The third-order valence-corrected chi connectivity index (χ3v) is 7.86. The number of carbonyl (C=O) groups is 3. The topological polar surface area (TPSA) is 105 Å². The maximum atomic E-state index is 14.1. The van der Waals surface area contributed by atoms with Gasteiger partial charge in [0.2, 0.25) is 0 Å². The average Bonchev–Trinajstić information content (AvgIpc) is 3.06. The largest absolute Gasteiger partial charge is 0.497 e. The number of rotatable bonds is 13. The molecule has 0 aliphatic rings. The van der Waals surface area contributed by atoms with Crippen LogP contribution in [0.1, 0.15) is 64.6 Å². The van der Waals surface area contributed by atoms with E-state index in [1.165, 1.54) is 5.56 Å². The Kier molecular flexibility index (Phi) is 11.2. The van der Waals surface area contributed by atoms with E-state index in [9.17, 15) is 19.5 Å². The normalized spacial score (nSPS) is 11.1. The van der Waals surface area contributed by atoms with E-state index >= 15 is 0 Å². The number of hydrogen-bond acceptors (Lipinski definition) is 5. The van der Waals surface area contributed by atoms with Crippen LogP contribution in [0.25, 0.3) is 11.1 Å². The number of carbonyl (C=O) groups excluding carboxylic acids is 2. The highest BCUT2D eigenvalue weighted by atomic mass is 16.5. The van der Waals surface area contributed by atoms with Crippen molar-refractivity contribution in [3.8, 4) is 22.6 Å². The monoisotopic (exact) mass is 622 g/mol. The van der Waals surface area contributed by atoms with Crippen molar-refractivity contribution in [3.05, 3.63) is 119 Å². The molecule has 4 aromatic rings. The molecule has 0 aromatic heterocycles. The summed E-state index contributed by atoms with van der Waals surface area (Å²) in [6, 6.07) is 28.0. The fraction of sp³-hybridized carbons (Fsp3) is 0.289. The van der Waals surface area contributed by atoms with Gasteiger partial charge in [-0.3, -0.25) is 14.4 Å². The highest BCUT2D eigenvalue weighted by Gasteiger charge is 2.23. The molecule has 2 amide bonds. The van der Waals surface area contributed by atoms with Crippen LogP contribution in [0.3, 0.4) is 0 Å². The minimum Gasteiger partial charge on any atom is -0.497 e. The first-order valence-corrected chi connectivity index (χ1v) is 15.3. The van der Waals surface area contributed by atoms with E-state index in [-0.39, 0.29) is 36.7 Å². The van der Waals surface area contributed by atoms with Crippen molar-refractivity contribution < 1.29 is 29.0 Å². The lowest BCUT2D eigenvalue weighted by Crippen LogP contribution is -2.35. The van der Waals surface area contributed by atoms with E-state index < -0.39 is 5.97 Å². The van der Waals surface area contributed by atoms with Gasteiger partial charge in [0.05, 0.1) is 20.6 Å². The number of benzene rings is 4. The standard InChI is InChI=1S/C38H42N2O6/c1-38(2,3)28-16-14-26(15-17-28)25-39-36(43)33-12-8-6-10-31(33)32-11-7-9-13-34(32)37(44)40(21-19-35(41)42)20-18-27-22-29(45-4)24-30(23-27)46-5/h6-17,22-24H,18-21,25H2,1-5H3,(H,39,43)(H,41,42). The molecule has 0 saturated heterocycles. The fourth-order valence-corrected chi connectivity index (χ4v) is 5.21. The molecule has 0 aliphatic heterocycles. The first-order chi connectivity index (χ1) is 22.0. The number of aliphatic carboxylic acids is 1. The lowest BCUT2D eigenvalue weighted by atomic mass is 9.87. The molecule has 8 heteroatoms. The molecule has 0 bridgehead atoms. The highest BCUT2D eigenvalue weighted by molar-refractivity contribution is 6.06. The number of ether oxygens (including phenoxy) is 2. The lowest BCUT2D eigenvalue weighted by Gasteiger charge is -2.24. The third-order valence-electron chi connectivity index (χ3n) is 7.86. The quantitative estimate of drug-likeness (QED) is 0.171. The molecule has 0 aliphatic carbocycles. The van der Waals surface area contributed by atoms with Gasteiger partial charge < -0.3 is 24.8 Å². The molecule has 2 N–H and O–H groups in total. The second-order valence-electron chi connectivity index (χ2n) is 12.1. The van der Waals surface area contributed by atoms with Gasteiger partial charge in [0.25, 0.3) is 11.8 Å². The molecule has 0 radical (unpaired) electrons. The average molecular weight is 623 g/mol. The van der Waals surface area contributed by atoms with E-state index in [2.05, 4.69) is 38.2 Å². The SMILES string of the molecule is COc1cc(CCN(CCC(=O)O)C(=O)c2ccccc2-c2ccccc2C(=O)NCc2ccc(C(C)(C)C)cc2)cc(OC)c1. The summed E-state index contributed by atoms with van der Waals surface area (Å²) in [5, 5.41) is 12.5. The summed E-state index contributed by atoms with van der Waals surface area (Å²) >= 11 is 0. The van der Waals surface area contributed by atoms with Crippen molar-refractivity contribution >= 4 is 17.8 Å². The Morgan fingerprint density at radius 2 is 1.30 bits per heavy atom. The van der Waals surface area contributed by atoms with Gasteiger partial charge in [-0.05, 0) is 63.9 Å². The van der Waals surface area contributed by atoms with E-state index in [0.717, 1.165) is 11.1 Å². The molecule has 46 heavy (non-hydrogen) atoms. The second kappa shape index (κ2) is 15.3. The highest BCUT2D eigenvalue weighted by Crippen LogP contribution is 2.29. The van der Waals surface area contributed by atoms with Crippen LogP contribution in [0.15, 0.2) is 91.0 Å². The molecule has 0 heterocycles. The molecule has 240 valence electrons. The van der Waals surface area contributed by atoms with Gasteiger partial charge in [0.1, 0.15) is 11.5 Å². The summed E-state index contributed by atoms with van der Waals surface area (Å²) in [4.78, 5) is 40.7. The van der Waals surface area contributed by atoms with Crippen molar-refractivity contribution in [2.75, 3.05) is 27.3 Å². The first-order valence-electron chi connectivity index (χ1n) is 15.3. The number of methoxy groups -OCH3 is 2. The van der Waals surface area contributed by atoms with Crippen LogP contribution in [0.5, 0.6) is 11.5 Å². The zero-order valence-corrected chi connectivity index (χ0v) is 27.1. The summed E-state index contributed by atoms with van der Waals surface area (Å²) in [5.41, 5.74) is 5.15.